The van der Waals surface area contributed by atoms with Gasteiger partial charge in [0.25, 0.3) is 10.0 Å². The highest BCUT2D eigenvalue weighted by molar-refractivity contribution is 7.89. The lowest BCUT2D eigenvalue weighted by atomic mass is 10.2. The Bertz CT molecular complexity index is 513. The first-order valence-electron chi connectivity index (χ1n) is 6.78. The van der Waals surface area contributed by atoms with Crippen LogP contribution in [-0.2, 0) is 21.3 Å². The Labute approximate surface area is 120 Å². The first-order chi connectivity index (χ1) is 9.42. The summed E-state index contributed by atoms with van der Waals surface area (Å²) >= 11 is 0. The highest BCUT2D eigenvalue weighted by Crippen LogP contribution is 2.15. The molecule has 1 atom stereocenters. The van der Waals surface area contributed by atoms with E-state index in [1.807, 2.05) is 27.7 Å². The molecule has 0 aliphatic heterocycles. The summed E-state index contributed by atoms with van der Waals surface area (Å²) in [5.41, 5.74) is 1.42. The van der Waals surface area contributed by atoms with E-state index < -0.39 is 10.0 Å². The van der Waals surface area contributed by atoms with Crippen LogP contribution in [0.1, 0.15) is 32.0 Å². The molecule has 8 heteroatoms. The van der Waals surface area contributed by atoms with Crippen LogP contribution < -0.4 is 10.0 Å². The van der Waals surface area contributed by atoms with Gasteiger partial charge in [-0.15, -0.1) is 0 Å². The van der Waals surface area contributed by atoms with E-state index in [0.29, 0.717) is 18.7 Å². The fourth-order valence-electron chi connectivity index (χ4n) is 1.75. The van der Waals surface area contributed by atoms with Crippen molar-refractivity contribution < 1.29 is 13.2 Å². The molecule has 1 unspecified atom stereocenters. The van der Waals surface area contributed by atoms with Gasteiger partial charge >= 0.3 is 0 Å². The van der Waals surface area contributed by atoms with Crippen LogP contribution in [0.2, 0.25) is 0 Å². The van der Waals surface area contributed by atoms with E-state index in [9.17, 15) is 8.42 Å². The maximum absolute atomic E-state index is 12.3. The van der Waals surface area contributed by atoms with Crippen molar-refractivity contribution in [3.63, 3.8) is 0 Å². The molecule has 0 amide bonds. The SMILES string of the molecule is CCNCc1c(S(=O)(=O)NCC(C)OCC)n[nH]c1C. The van der Waals surface area contributed by atoms with E-state index >= 15 is 0 Å². The van der Waals surface area contributed by atoms with Crippen LogP contribution in [0, 0.1) is 6.92 Å². The van der Waals surface area contributed by atoms with E-state index in [1.165, 1.54) is 0 Å². The maximum Gasteiger partial charge on any atom is 0.260 e. The molecule has 1 rings (SSSR count). The fourth-order valence-corrected chi connectivity index (χ4v) is 3.06. The van der Waals surface area contributed by atoms with E-state index in [0.717, 1.165) is 12.2 Å². The third kappa shape index (κ3) is 4.55. The predicted molar refractivity (Wildman–Crippen MR) is 77.0 cm³/mol. The number of aromatic amines is 1. The van der Waals surface area contributed by atoms with Gasteiger partial charge in [-0.25, -0.2) is 13.1 Å². The Morgan fingerprint density at radius 1 is 1.40 bits per heavy atom. The molecule has 0 bridgehead atoms. The summed E-state index contributed by atoms with van der Waals surface area (Å²) in [6.45, 7) is 9.47. The van der Waals surface area contributed by atoms with Crippen molar-refractivity contribution in [2.24, 2.45) is 0 Å². The third-order valence-corrected chi connectivity index (χ3v) is 4.25. The lowest BCUT2D eigenvalue weighted by molar-refractivity contribution is 0.0799. The quantitative estimate of drug-likeness (QED) is 0.618. The molecule has 0 radical (unpaired) electrons. The van der Waals surface area contributed by atoms with Crippen LogP contribution in [0.5, 0.6) is 0 Å². The molecule has 0 saturated heterocycles. The monoisotopic (exact) mass is 304 g/mol. The topological polar surface area (TPSA) is 96.1 Å². The smallest absolute Gasteiger partial charge is 0.260 e. The van der Waals surface area contributed by atoms with Gasteiger partial charge in [0, 0.05) is 31.0 Å². The van der Waals surface area contributed by atoms with E-state index in [4.69, 9.17) is 4.74 Å². The standard InChI is InChI=1S/C12H24N4O3S/c1-5-13-8-11-10(4)15-16-12(11)20(17,18)14-7-9(3)19-6-2/h9,13-14H,5-8H2,1-4H3,(H,15,16). The Kier molecular flexibility index (Phi) is 6.60. The van der Waals surface area contributed by atoms with E-state index in [2.05, 4.69) is 20.2 Å². The lowest BCUT2D eigenvalue weighted by Gasteiger charge is -2.12. The van der Waals surface area contributed by atoms with Crippen LogP contribution in [0.25, 0.3) is 0 Å². The molecule has 20 heavy (non-hydrogen) atoms. The third-order valence-electron chi connectivity index (χ3n) is 2.85. The van der Waals surface area contributed by atoms with Crippen molar-refractivity contribution in [2.45, 2.75) is 45.4 Å². The highest BCUT2D eigenvalue weighted by atomic mass is 32.2. The number of H-pyrrole nitrogens is 1. The second-order valence-corrected chi connectivity index (χ2v) is 6.21. The van der Waals surface area contributed by atoms with Gasteiger partial charge in [-0.2, -0.15) is 5.10 Å². The Morgan fingerprint density at radius 3 is 2.70 bits per heavy atom. The second kappa shape index (κ2) is 7.72. The van der Waals surface area contributed by atoms with Gasteiger partial charge in [-0.3, -0.25) is 5.10 Å². The first kappa shape index (κ1) is 17.1. The minimum Gasteiger partial charge on any atom is -0.377 e. The van der Waals surface area contributed by atoms with Gasteiger partial charge in [-0.05, 0) is 27.3 Å². The molecule has 0 aliphatic rings. The van der Waals surface area contributed by atoms with Crippen molar-refractivity contribution >= 4 is 10.0 Å². The molecular formula is C12H24N4O3S. The number of rotatable bonds is 9. The second-order valence-electron chi connectivity index (χ2n) is 4.53. The molecule has 116 valence electrons. The molecule has 0 aromatic carbocycles. The summed E-state index contributed by atoms with van der Waals surface area (Å²) in [4.78, 5) is 0. The van der Waals surface area contributed by atoms with Crippen molar-refractivity contribution in [1.29, 1.82) is 0 Å². The molecule has 1 aromatic rings. The molecule has 1 heterocycles. The van der Waals surface area contributed by atoms with Gasteiger partial charge in [0.1, 0.15) is 0 Å². The molecule has 0 spiro atoms. The summed E-state index contributed by atoms with van der Waals surface area (Å²) in [5.74, 6) is 0. The number of hydrogen-bond donors (Lipinski definition) is 3. The van der Waals surface area contributed by atoms with Gasteiger partial charge in [-0.1, -0.05) is 6.92 Å². The molecular weight excluding hydrogens is 280 g/mol. The summed E-state index contributed by atoms with van der Waals surface area (Å²) in [6, 6.07) is 0. The highest BCUT2D eigenvalue weighted by Gasteiger charge is 2.23. The summed E-state index contributed by atoms with van der Waals surface area (Å²) in [7, 11) is -3.63. The van der Waals surface area contributed by atoms with Crippen LogP contribution in [0.4, 0.5) is 0 Å². The number of nitrogens with one attached hydrogen (secondary N) is 3. The largest absolute Gasteiger partial charge is 0.377 e. The molecule has 7 nitrogen and oxygen atoms in total. The normalized spacial score (nSPS) is 13.6. The maximum atomic E-state index is 12.3. The van der Waals surface area contributed by atoms with Gasteiger partial charge in [0.05, 0.1) is 6.10 Å². The lowest BCUT2D eigenvalue weighted by Crippen LogP contribution is -2.33. The number of aryl methyl sites for hydroxylation is 1. The fraction of sp³-hybridized carbons (Fsp3) is 0.750. The average Bonchev–Trinajstić information content (AvgIpc) is 2.76. The summed E-state index contributed by atoms with van der Waals surface area (Å²) in [6.07, 6.45) is -0.174. The zero-order chi connectivity index (χ0) is 15.2. The van der Waals surface area contributed by atoms with Crippen molar-refractivity contribution in [3.8, 4) is 0 Å². The number of ether oxygens (including phenoxy) is 1. The summed E-state index contributed by atoms with van der Waals surface area (Å²) in [5, 5.41) is 9.80. The Balaban J connectivity index is 2.81. The van der Waals surface area contributed by atoms with Crippen molar-refractivity contribution in [3.05, 3.63) is 11.3 Å². The number of nitrogens with zero attached hydrogens (tertiary/aromatic N) is 1. The van der Waals surface area contributed by atoms with Crippen molar-refractivity contribution in [1.82, 2.24) is 20.2 Å². The van der Waals surface area contributed by atoms with Gasteiger partial charge < -0.3 is 10.1 Å². The number of aromatic nitrogens is 2. The van der Waals surface area contributed by atoms with Gasteiger partial charge in [0.15, 0.2) is 5.03 Å². The van der Waals surface area contributed by atoms with Crippen LogP contribution >= 0.6 is 0 Å². The average molecular weight is 304 g/mol. The van der Waals surface area contributed by atoms with E-state index in [1.54, 1.807) is 0 Å². The van der Waals surface area contributed by atoms with Crippen LogP contribution in [0.3, 0.4) is 0 Å². The zero-order valence-electron chi connectivity index (χ0n) is 12.5. The molecule has 0 saturated carbocycles. The van der Waals surface area contributed by atoms with Crippen molar-refractivity contribution in [2.75, 3.05) is 19.7 Å². The number of sulfonamides is 1. The molecule has 3 N–H and O–H groups in total. The Hall–Kier alpha value is -0.960. The first-order valence-corrected chi connectivity index (χ1v) is 8.26. The van der Waals surface area contributed by atoms with Crippen LogP contribution in [0.15, 0.2) is 5.03 Å². The number of hydrogen-bond acceptors (Lipinski definition) is 5. The molecule has 0 aliphatic carbocycles. The predicted octanol–water partition coefficient (Wildman–Crippen LogP) is 0.531. The van der Waals surface area contributed by atoms with E-state index in [-0.39, 0.29) is 17.7 Å². The van der Waals surface area contributed by atoms with Crippen LogP contribution in [-0.4, -0.2) is 44.4 Å². The minimum absolute atomic E-state index is 0.0552. The zero-order valence-corrected chi connectivity index (χ0v) is 13.3. The summed E-state index contributed by atoms with van der Waals surface area (Å²) < 4.78 is 32.4. The molecule has 1 aromatic heterocycles. The Morgan fingerprint density at radius 2 is 2.10 bits per heavy atom. The van der Waals surface area contributed by atoms with Gasteiger partial charge in [0.2, 0.25) is 0 Å². The minimum atomic E-state index is -3.63. The molecule has 0 fully saturated rings.